The Balaban J connectivity index is 2.16. The molecule has 106 valence electrons. The van der Waals surface area contributed by atoms with Gasteiger partial charge in [0.2, 0.25) is 0 Å². The van der Waals surface area contributed by atoms with Gasteiger partial charge in [-0.25, -0.2) is 9.18 Å². The van der Waals surface area contributed by atoms with Crippen LogP contribution in [0.4, 0.5) is 10.1 Å². The van der Waals surface area contributed by atoms with Crippen molar-refractivity contribution in [3.05, 3.63) is 47.0 Å². The topological polar surface area (TPSA) is 56.1 Å². The minimum Gasteiger partial charge on any atom is -0.465 e. The van der Waals surface area contributed by atoms with Gasteiger partial charge in [-0.3, -0.25) is 4.68 Å². The van der Waals surface area contributed by atoms with Crippen LogP contribution in [-0.2, 0) is 18.3 Å². The zero-order valence-corrected chi connectivity index (χ0v) is 11.6. The fraction of sp³-hybridized carbons (Fsp3) is 0.286. The van der Waals surface area contributed by atoms with E-state index in [4.69, 9.17) is 0 Å². The van der Waals surface area contributed by atoms with Crippen LogP contribution in [0.1, 0.15) is 21.6 Å². The van der Waals surface area contributed by atoms with Crippen LogP contribution in [0.15, 0.2) is 24.4 Å². The van der Waals surface area contributed by atoms with E-state index < -0.39 is 11.8 Å². The number of aromatic nitrogens is 2. The Hall–Kier alpha value is -2.37. The normalized spacial score (nSPS) is 10.4. The highest BCUT2D eigenvalue weighted by atomic mass is 19.1. The lowest BCUT2D eigenvalue weighted by molar-refractivity contribution is 0.0600. The second kappa shape index (κ2) is 5.73. The molecule has 0 amide bonds. The summed E-state index contributed by atoms with van der Waals surface area (Å²) in [5.41, 5.74) is 2.54. The highest BCUT2D eigenvalue weighted by Crippen LogP contribution is 2.18. The minimum atomic E-state index is -0.495. The molecule has 0 radical (unpaired) electrons. The number of methoxy groups -OCH3 is 1. The van der Waals surface area contributed by atoms with Gasteiger partial charge in [-0.2, -0.15) is 5.10 Å². The van der Waals surface area contributed by atoms with E-state index in [1.165, 1.54) is 25.3 Å². The number of nitrogens with zero attached hydrogens (tertiary/aromatic N) is 2. The lowest BCUT2D eigenvalue weighted by Gasteiger charge is -2.09. The number of hydrogen-bond acceptors (Lipinski definition) is 4. The number of halogens is 1. The summed E-state index contributed by atoms with van der Waals surface area (Å²) in [5.74, 6) is -0.912. The van der Waals surface area contributed by atoms with Crippen LogP contribution in [0.5, 0.6) is 0 Å². The number of aryl methyl sites for hydroxylation is 1. The Kier molecular flexibility index (Phi) is 4.02. The second-order valence-corrected chi connectivity index (χ2v) is 4.42. The van der Waals surface area contributed by atoms with Crippen LogP contribution in [0.2, 0.25) is 0 Å². The summed E-state index contributed by atoms with van der Waals surface area (Å²) in [7, 11) is 3.13. The molecule has 6 heteroatoms. The van der Waals surface area contributed by atoms with Gasteiger partial charge < -0.3 is 10.1 Å². The smallest absolute Gasteiger partial charge is 0.337 e. The van der Waals surface area contributed by atoms with E-state index in [-0.39, 0.29) is 5.69 Å². The van der Waals surface area contributed by atoms with Crippen molar-refractivity contribution >= 4 is 11.7 Å². The van der Waals surface area contributed by atoms with Gasteiger partial charge in [0.1, 0.15) is 5.82 Å². The van der Waals surface area contributed by atoms with E-state index in [0.717, 1.165) is 11.3 Å². The summed E-state index contributed by atoms with van der Waals surface area (Å²) < 4.78 is 20.1. The molecule has 1 aromatic heterocycles. The predicted molar refractivity (Wildman–Crippen MR) is 73.0 cm³/mol. The molecule has 0 saturated heterocycles. The summed E-state index contributed by atoms with van der Waals surface area (Å²) >= 11 is 0. The van der Waals surface area contributed by atoms with Crippen molar-refractivity contribution in [1.82, 2.24) is 9.78 Å². The second-order valence-electron chi connectivity index (χ2n) is 4.42. The molecular formula is C14H16FN3O2. The number of rotatable bonds is 4. The van der Waals surface area contributed by atoms with Crippen molar-refractivity contribution < 1.29 is 13.9 Å². The molecule has 0 aliphatic heterocycles. The molecule has 0 aliphatic carbocycles. The molecule has 1 heterocycles. The number of benzene rings is 1. The van der Waals surface area contributed by atoms with Crippen molar-refractivity contribution in [2.45, 2.75) is 13.5 Å². The monoisotopic (exact) mass is 277 g/mol. The molecule has 0 aliphatic rings. The van der Waals surface area contributed by atoms with Crippen LogP contribution in [0.25, 0.3) is 0 Å². The van der Waals surface area contributed by atoms with E-state index >= 15 is 0 Å². The van der Waals surface area contributed by atoms with Gasteiger partial charge in [0.05, 0.1) is 24.6 Å². The summed E-state index contributed by atoms with van der Waals surface area (Å²) in [6.45, 7) is 2.37. The maximum Gasteiger partial charge on any atom is 0.337 e. The first-order valence-electron chi connectivity index (χ1n) is 6.12. The molecule has 2 aromatic rings. The van der Waals surface area contributed by atoms with Gasteiger partial charge in [0, 0.05) is 24.8 Å². The van der Waals surface area contributed by atoms with Crippen molar-refractivity contribution in [2.24, 2.45) is 7.05 Å². The zero-order valence-electron chi connectivity index (χ0n) is 11.6. The van der Waals surface area contributed by atoms with E-state index in [0.29, 0.717) is 12.1 Å². The Morgan fingerprint density at radius 1 is 1.50 bits per heavy atom. The van der Waals surface area contributed by atoms with Crippen molar-refractivity contribution in [3.63, 3.8) is 0 Å². The SMILES string of the molecule is COC(=O)c1ccc(F)c(NCc2cnn(C)c2C)c1. The summed E-state index contributed by atoms with van der Waals surface area (Å²) in [6, 6.07) is 4.07. The summed E-state index contributed by atoms with van der Waals surface area (Å²) in [6.07, 6.45) is 1.73. The minimum absolute atomic E-state index is 0.260. The quantitative estimate of drug-likeness (QED) is 0.871. The molecule has 20 heavy (non-hydrogen) atoms. The van der Waals surface area contributed by atoms with Gasteiger partial charge in [-0.1, -0.05) is 0 Å². The number of esters is 1. The molecule has 0 fully saturated rings. The molecule has 0 spiro atoms. The third-order valence-electron chi connectivity index (χ3n) is 3.19. The van der Waals surface area contributed by atoms with E-state index in [9.17, 15) is 9.18 Å². The Morgan fingerprint density at radius 3 is 2.85 bits per heavy atom. The number of carbonyl (C=O) groups is 1. The zero-order chi connectivity index (χ0) is 14.7. The average Bonchev–Trinajstić information content (AvgIpc) is 2.77. The third-order valence-corrected chi connectivity index (χ3v) is 3.19. The van der Waals surface area contributed by atoms with Crippen molar-refractivity contribution in [3.8, 4) is 0 Å². The number of hydrogen-bond donors (Lipinski definition) is 1. The average molecular weight is 277 g/mol. The molecule has 0 bridgehead atoms. The van der Waals surface area contributed by atoms with Crippen molar-refractivity contribution in [1.29, 1.82) is 0 Å². The van der Waals surface area contributed by atoms with Crippen LogP contribution in [-0.4, -0.2) is 22.9 Å². The van der Waals surface area contributed by atoms with Gasteiger partial charge in [-0.05, 0) is 25.1 Å². The molecule has 2 rings (SSSR count). The molecule has 0 unspecified atom stereocenters. The fourth-order valence-electron chi connectivity index (χ4n) is 1.81. The fourth-order valence-corrected chi connectivity index (χ4v) is 1.81. The van der Waals surface area contributed by atoms with Crippen LogP contribution in [0, 0.1) is 12.7 Å². The summed E-state index contributed by atoms with van der Waals surface area (Å²) in [4.78, 5) is 11.4. The van der Waals surface area contributed by atoms with Crippen LogP contribution in [0.3, 0.4) is 0 Å². The number of anilines is 1. The van der Waals surface area contributed by atoms with Crippen LogP contribution >= 0.6 is 0 Å². The maximum absolute atomic E-state index is 13.7. The molecule has 5 nitrogen and oxygen atoms in total. The van der Waals surface area contributed by atoms with Gasteiger partial charge in [-0.15, -0.1) is 0 Å². The molecular weight excluding hydrogens is 261 g/mol. The highest BCUT2D eigenvalue weighted by molar-refractivity contribution is 5.90. The van der Waals surface area contributed by atoms with Gasteiger partial charge >= 0.3 is 5.97 Å². The Labute approximate surface area is 116 Å². The van der Waals surface area contributed by atoms with E-state index in [2.05, 4.69) is 15.2 Å². The highest BCUT2D eigenvalue weighted by Gasteiger charge is 2.10. The third kappa shape index (κ3) is 2.79. The van der Waals surface area contributed by atoms with Gasteiger partial charge in [0.15, 0.2) is 0 Å². The predicted octanol–water partition coefficient (Wildman–Crippen LogP) is 2.27. The summed E-state index contributed by atoms with van der Waals surface area (Å²) in [5, 5.41) is 7.09. The molecule has 0 saturated carbocycles. The van der Waals surface area contributed by atoms with E-state index in [1.807, 2.05) is 14.0 Å². The first-order valence-corrected chi connectivity index (χ1v) is 6.12. The number of ether oxygens (including phenoxy) is 1. The first-order chi connectivity index (χ1) is 9.52. The largest absolute Gasteiger partial charge is 0.465 e. The molecule has 1 aromatic carbocycles. The number of carbonyl (C=O) groups excluding carboxylic acids is 1. The first kappa shape index (κ1) is 14.0. The molecule has 1 N–H and O–H groups in total. The lowest BCUT2D eigenvalue weighted by Crippen LogP contribution is -2.06. The standard InChI is InChI=1S/C14H16FN3O2/c1-9-11(8-17-18(9)2)7-16-13-6-10(14(19)20-3)4-5-12(13)15/h4-6,8,16H,7H2,1-3H3. The lowest BCUT2D eigenvalue weighted by atomic mass is 10.2. The Bertz CT molecular complexity index is 637. The van der Waals surface area contributed by atoms with Gasteiger partial charge in [0.25, 0.3) is 0 Å². The number of nitrogens with one attached hydrogen (secondary N) is 1. The Morgan fingerprint density at radius 2 is 2.25 bits per heavy atom. The van der Waals surface area contributed by atoms with Crippen LogP contribution < -0.4 is 5.32 Å². The van der Waals surface area contributed by atoms with Crippen molar-refractivity contribution in [2.75, 3.05) is 12.4 Å². The molecule has 0 atom stereocenters. The maximum atomic E-state index is 13.7. The van der Waals surface area contributed by atoms with E-state index in [1.54, 1.807) is 10.9 Å².